The Morgan fingerprint density at radius 2 is 1.80 bits per heavy atom. The Balaban J connectivity index is 1.24. The van der Waals surface area contributed by atoms with Crippen LogP contribution < -0.4 is 5.32 Å². The summed E-state index contributed by atoms with van der Waals surface area (Å²) in [7, 11) is 1.83. The van der Waals surface area contributed by atoms with Gasteiger partial charge in [-0.05, 0) is 50.2 Å². The number of hydrogen-bond donors (Lipinski definition) is 1. The van der Waals surface area contributed by atoms with Crippen molar-refractivity contribution in [2.45, 2.75) is 19.4 Å². The summed E-state index contributed by atoms with van der Waals surface area (Å²) < 4.78 is 1.14. The average Bonchev–Trinajstić information content (AvgIpc) is 3.17. The lowest BCUT2D eigenvalue weighted by molar-refractivity contribution is -0.132. The van der Waals surface area contributed by atoms with Crippen molar-refractivity contribution in [3.8, 4) is 0 Å². The minimum Gasteiger partial charge on any atom is -0.338 e. The third kappa shape index (κ3) is 5.04. The van der Waals surface area contributed by atoms with Crippen LogP contribution in [0.15, 0.2) is 54.6 Å². The Hall–Kier alpha value is -2.77. The molecule has 0 radical (unpaired) electrons. The Bertz CT molecular complexity index is 979. The monoisotopic (exact) mass is 422 g/mol. The maximum atomic E-state index is 12.7. The zero-order chi connectivity index (χ0) is 20.9. The van der Waals surface area contributed by atoms with E-state index >= 15 is 0 Å². The molecule has 2 amide bonds. The molecule has 4 rings (SSSR count). The number of fused-ring (bicyclic) bond motifs is 1. The van der Waals surface area contributed by atoms with E-state index in [1.54, 1.807) is 16.2 Å². The zero-order valence-electron chi connectivity index (χ0n) is 17.1. The van der Waals surface area contributed by atoms with Crippen molar-refractivity contribution in [2.75, 3.05) is 32.0 Å². The average molecular weight is 423 g/mol. The molecule has 1 N–H and O–H groups in total. The van der Waals surface area contributed by atoms with Crippen LogP contribution >= 0.6 is 11.3 Å². The fourth-order valence-electron chi connectivity index (χ4n) is 3.71. The van der Waals surface area contributed by atoms with Gasteiger partial charge in [-0.1, -0.05) is 30.3 Å². The SMILES string of the molecule is CN(Cc1nc2ccccc2s1)C(=O)CN1CCC(C(=O)Nc2ccccc2)CC1. The molecule has 0 bridgehead atoms. The molecule has 1 saturated heterocycles. The Kier molecular flexibility index (Phi) is 6.40. The van der Waals surface area contributed by atoms with E-state index in [9.17, 15) is 9.59 Å². The smallest absolute Gasteiger partial charge is 0.236 e. The summed E-state index contributed by atoms with van der Waals surface area (Å²) in [6.45, 7) is 2.42. The van der Waals surface area contributed by atoms with Gasteiger partial charge in [0.1, 0.15) is 5.01 Å². The van der Waals surface area contributed by atoms with Crippen molar-refractivity contribution in [1.82, 2.24) is 14.8 Å². The summed E-state index contributed by atoms with van der Waals surface area (Å²) in [5.74, 6) is 0.151. The van der Waals surface area contributed by atoms with Gasteiger partial charge >= 0.3 is 0 Å². The van der Waals surface area contributed by atoms with E-state index in [1.165, 1.54) is 0 Å². The van der Waals surface area contributed by atoms with Crippen LogP contribution in [-0.4, -0.2) is 53.3 Å². The van der Waals surface area contributed by atoms with Crippen LogP contribution in [-0.2, 0) is 16.1 Å². The van der Waals surface area contributed by atoms with E-state index in [0.29, 0.717) is 13.1 Å². The molecule has 0 spiro atoms. The predicted octanol–water partition coefficient (Wildman–Crippen LogP) is 3.61. The van der Waals surface area contributed by atoms with Crippen LogP contribution in [0.3, 0.4) is 0 Å². The molecule has 30 heavy (non-hydrogen) atoms. The maximum Gasteiger partial charge on any atom is 0.236 e. The lowest BCUT2D eigenvalue weighted by Gasteiger charge is -2.31. The van der Waals surface area contributed by atoms with Crippen LogP contribution in [0, 0.1) is 5.92 Å². The molecule has 0 atom stereocenters. The van der Waals surface area contributed by atoms with Crippen LogP contribution in [0.25, 0.3) is 10.2 Å². The second-order valence-corrected chi connectivity index (χ2v) is 8.85. The Morgan fingerprint density at radius 1 is 1.10 bits per heavy atom. The van der Waals surface area contributed by atoms with E-state index in [1.807, 2.05) is 55.6 Å². The zero-order valence-corrected chi connectivity index (χ0v) is 17.9. The van der Waals surface area contributed by atoms with Crippen molar-refractivity contribution in [2.24, 2.45) is 5.92 Å². The summed E-state index contributed by atoms with van der Waals surface area (Å²) in [6, 6.07) is 17.6. The van der Waals surface area contributed by atoms with Gasteiger partial charge in [0.15, 0.2) is 0 Å². The largest absolute Gasteiger partial charge is 0.338 e. The molecule has 7 heteroatoms. The van der Waals surface area contributed by atoms with Gasteiger partial charge in [0.25, 0.3) is 0 Å². The highest BCUT2D eigenvalue weighted by Crippen LogP contribution is 2.23. The van der Waals surface area contributed by atoms with E-state index in [-0.39, 0.29) is 17.7 Å². The first-order chi connectivity index (χ1) is 14.6. The standard InChI is InChI=1S/C23H26N4O2S/c1-26(15-21-25-19-9-5-6-10-20(19)30-21)22(28)16-27-13-11-17(12-14-27)23(29)24-18-7-3-2-4-8-18/h2-10,17H,11-16H2,1H3,(H,24,29). The Labute approximate surface area is 180 Å². The van der Waals surface area contributed by atoms with Crippen molar-refractivity contribution < 1.29 is 9.59 Å². The number of anilines is 1. The van der Waals surface area contributed by atoms with E-state index in [4.69, 9.17) is 0 Å². The molecular weight excluding hydrogens is 396 g/mol. The van der Waals surface area contributed by atoms with Gasteiger partial charge in [0.05, 0.1) is 23.3 Å². The van der Waals surface area contributed by atoms with Crippen LogP contribution in [0.5, 0.6) is 0 Å². The number of hydrogen-bond acceptors (Lipinski definition) is 5. The number of amides is 2. The van der Waals surface area contributed by atoms with Crippen molar-refractivity contribution in [3.63, 3.8) is 0 Å². The first-order valence-electron chi connectivity index (χ1n) is 10.2. The van der Waals surface area contributed by atoms with Gasteiger partial charge in [-0.25, -0.2) is 4.98 Å². The van der Waals surface area contributed by atoms with Crippen LogP contribution in [0.4, 0.5) is 5.69 Å². The highest BCUT2D eigenvalue weighted by molar-refractivity contribution is 7.18. The van der Waals surface area contributed by atoms with Gasteiger partial charge in [-0.3, -0.25) is 14.5 Å². The summed E-state index contributed by atoms with van der Waals surface area (Å²) in [6.07, 6.45) is 1.54. The molecule has 2 heterocycles. The molecule has 0 saturated carbocycles. The van der Waals surface area contributed by atoms with Gasteiger partial charge < -0.3 is 10.2 Å². The third-order valence-corrected chi connectivity index (χ3v) is 6.52. The molecule has 2 aromatic carbocycles. The number of thiazole rings is 1. The predicted molar refractivity (Wildman–Crippen MR) is 120 cm³/mol. The number of likely N-dealkylation sites (N-methyl/N-ethyl adjacent to an activating group) is 1. The molecule has 1 aliphatic heterocycles. The molecule has 6 nitrogen and oxygen atoms in total. The second kappa shape index (κ2) is 9.36. The first kappa shape index (κ1) is 20.5. The lowest BCUT2D eigenvalue weighted by Crippen LogP contribution is -2.43. The highest BCUT2D eigenvalue weighted by Gasteiger charge is 2.26. The quantitative estimate of drug-likeness (QED) is 0.659. The fraction of sp³-hybridized carbons (Fsp3) is 0.348. The summed E-state index contributed by atoms with van der Waals surface area (Å²) in [4.78, 5) is 33.6. The molecule has 0 aliphatic carbocycles. The third-order valence-electron chi connectivity index (χ3n) is 5.49. The molecule has 1 aromatic heterocycles. The number of aromatic nitrogens is 1. The van der Waals surface area contributed by atoms with E-state index in [2.05, 4.69) is 21.3 Å². The number of para-hydroxylation sites is 2. The number of nitrogens with one attached hydrogen (secondary N) is 1. The van der Waals surface area contributed by atoms with Gasteiger partial charge in [0.2, 0.25) is 11.8 Å². The molecule has 0 unspecified atom stereocenters. The summed E-state index contributed by atoms with van der Waals surface area (Å²) in [5.41, 5.74) is 1.81. The molecule has 1 fully saturated rings. The number of rotatable bonds is 6. The molecular formula is C23H26N4O2S. The number of carbonyl (C=O) groups is 2. The second-order valence-electron chi connectivity index (χ2n) is 7.73. The molecule has 156 valence electrons. The number of carbonyl (C=O) groups excluding carboxylic acids is 2. The van der Waals surface area contributed by atoms with E-state index in [0.717, 1.165) is 46.8 Å². The first-order valence-corrected chi connectivity index (χ1v) is 11.1. The number of benzene rings is 2. The minimum atomic E-state index is -0.00274. The van der Waals surface area contributed by atoms with Crippen LogP contribution in [0.1, 0.15) is 17.8 Å². The molecule has 1 aliphatic rings. The fourth-order valence-corrected chi connectivity index (χ4v) is 4.73. The normalized spacial score (nSPS) is 15.2. The number of likely N-dealkylation sites (tertiary alicyclic amines) is 1. The van der Waals surface area contributed by atoms with Gasteiger partial charge in [0, 0.05) is 18.7 Å². The lowest BCUT2D eigenvalue weighted by atomic mass is 9.96. The summed E-state index contributed by atoms with van der Waals surface area (Å²) in [5, 5.41) is 3.93. The highest BCUT2D eigenvalue weighted by atomic mass is 32.1. The van der Waals surface area contributed by atoms with E-state index < -0.39 is 0 Å². The van der Waals surface area contributed by atoms with Crippen LogP contribution in [0.2, 0.25) is 0 Å². The minimum absolute atomic E-state index is 0.00274. The van der Waals surface area contributed by atoms with Crippen molar-refractivity contribution in [3.05, 3.63) is 59.6 Å². The van der Waals surface area contributed by atoms with Crippen molar-refractivity contribution >= 4 is 39.1 Å². The van der Waals surface area contributed by atoms with Gasteiger partial charge in [-0.15, -0.1) is 11.3 Å². The topological polar surface area (TPSA) is 65.5 Å². The molecule has 3 aromatic rings. The number of nitrogens with zero attached hydrogens (tertiary/aromatic N) is 3. The maximum absolute atomic E-state index is 12.7. The Morgan fingerprint density at radius 3 is 2.53 bits per heavy atom. The van der Waals surface area contributed by atoms with Gasteiger partial charge in [-0.2, -0.15) is 0 Å². The number of piperidine rings is 1. The van der Waals surface area contributed by atoms with Crippen molar-refractivity contribution in [1.29, 1.82) is 0 Å². The summed E-state index contributed by atoms with van der Waals surface area (Å²) >= 11 is 1.63.